The highest BCUT2D eigenvalue weighted by Gasteiger charge is 2.57. The molecular weight excluding hydrogens is 399 g/mol. The van der Waals surface area contributed by atoms with Gasteiger partial charge in [0, 0.05) is 30.8 Å². The van der Waals surface area contributed by atoms with Crippen LogP contribution in [0.3, 0.4) is 0 Å². The van der Waals surface area contributed by atoms with Crippen molar-refractivity contribution in [1.82, 2.24) is 15.5 Å². The Morgan fingerprint density at radius 2 is 1.90 bits per heavy atom. The van der Waals surface area contributed by atoms with Gasteiger partial charge >= 0.3 is 12.2 Å². The van der Waals surface area contributed by atoms with Crippen LogP contribution >= 0.6 is 0 Å². The van der Waals surface area contributed by atoms with Gasteiger partial charge in [-0.25, -0.2) is 4.79 Å². The molecule has 0 bridgehead atoms. The highest BCUT2D eigenvalue weighted by atomic mass is 19.4. The Bertz CT molecular complexity index is 831. The molecule has 2 N–H and O–H groups in total. The molecule has 0 aromatic rings. The zero-order valence-corrected chi connectivity index (χ0v) is 17.0. The Balaban J connectivity index is 1.51. The lowest BCUT2D eigenvalue weighted by molar-refractivity contribution is -0.138. The van der Waals surface area contributed by atoms with Crippen molar-refractivity contribution >= 4 is 17.8 Å². The molecule has 0 aromatic carbocycles. The van der Waals surface area contributed by atoms with Crippen LogP contribution in [-0.4, -0.2) is 47.6 Å². The first kappa shape index (κ1) is 20.9. The molecule has 3 unspecified atom stereocenters. The Hall–Kier alpha value is -2.32. The lowest BCUT2D eigenvalue weighted by atomic mass is 9.78. The summed E-state index contributed by atoms with van der Waals surface area (Å²) in [4.78, 5) is 39.4. The van der Waals surface area contributed by atoms with Crippen LogP contribution in [0, 0.1) is 29.6 Å². The topological polar surface area (TPSA) is 78.5 Å². The molecule has 4 amide bonds. The van der Waals surface area contributed by atoms with Gasteiger partial charge in [0.2, 0.25) is 5.91 Å². The number of halogens is 3. The number of urea groups is 1. The monoisotopic (exact) mass is 425 g/mol. The number of carbonyl (C=O) groups is 3. The highest BCUT2D eigenvalue weighted by Crippen LogP contribution is 2.46. The Labute approximate surface area is 172 Å². The quantitative estimate of drug-likeness (QED) is 0.665. The van der Waals surface area contributed by atoms with Crippen LogP contribution in [0.2, 0.25) is 0 Å². The van der Waals surface area contributed by atoms with Gasteiger partial charge < -0.3 is 10.2 Å². The Morgan fingerprint density at radius 3 is 2.43 bits per heavy atom. The normalized spacial score (nSPS) is 32.1. The van der Waals surface area contributed by atoms with E-state index < -0.39 is 29.2 Å². The van der Waals surface area contributed by atoms with Crippen LogP contribution in [0.5, 0.6) is 0 Å². The van der Waals surface area contributed by atoms with Crippen LogP contribution in [0.15, 0.2) is 23.8 Å². The molecule has 9 heteroatoms. The van der Waals surface area contributed by atoms with E-state index in [0.717, 1.165) is 18.9 Å². The summed E-state index contributed by atoms with van der Waals surface area (Å²) in [5.41, 5.74) is -1.74. The molecule has 3 fully saturated rings. The van der Waals surface area contributed by atoms with Gasteiger partial charge in [0.15, 0.2) is 0 Å². The molecule has 164 valence electrons. The lowest BCUT2D eigenvalue weighted by Gasteiger charge is -2.34. The summed E-state index contributed by atoms with van der Waals surface area (Å²) in [7, 11) is 0. The molecule has 30 heavy (non-hydrogen) atoms. The first-order valence-corrected chi connectivity index (χ1v) is 10.4. The first-order chi connectivity index (χ1) is 14.0. The molecule has 2 heterocycles. The van der Waals surface area contributed by atoms with Gasteiger partial charge in [-0.15, -0.1) is 0 Å². The fourth-order valence-electron chi connectivity index (χ4n) is 4.99. The van der Waals surface area contributed by atoms with Crippen molar-refractivity contribution in [1.29, 1.82) is 0 Å². The van der Waals surface area contributed by atoms with Crippen molar-refractivity contribution < 1.29 is 27.6 Å². The third kappa shape index (κ3) is 3.63. The second-order valence-electron chi connectivity index (χ2n) is 9.26. The minimum Gasteiger partial charge on any atom is -0.341 e. The SMILES string of the molecule is CC(C)[C@H](CC1(C2CC2)NC(=O)NC1=O)C(=O)N1CC2C=CC(C(F)(F)F)=CC2C1. The van der Waals surface area contributed by atoms with Crippen LogP contribution in [0.1, 0.15) is 33.1 Å². The summed E-state index contributed by atoms with van der Waals surface area (Å²) in [6.45, 7) is 4.37. The van der Waals surface area contributed by atoms with Crippen LogP contribution in [0.25, 0.3) is 0 Å². The van der Waals surface area contributed by atoms with Gasteiger partial charge in [0.05, 0.1) is 5.57 Å². The predicted octanol–water partition coefficient (Wildman–Crippen LogP) is 2.77. The van der Waals surface area contributed by atoms with Gasteiger partial charge in [0.25, 0.3) is 5.91 Å². The van der Waals surface area contributed by atoms with Gasteiger partial charge in [-0.1, -0.05) is 32.1 Å². The third-order valence-corrected chi connectivity index (χ3v) is 6.87. The van der Waals surface area contributed by atoms with Gasteiger partial charge in [-0.3, -0.25) is 14.9 Å². The molecule has 0 radical (unpaired) electrons. The second-order valence-corrected chi connectivity index (χ2v) is 9.26. The molecule has 1 saturated carbocycles. The zero-order chi connectivity index (χ0) is 21.8. The number of imide groups is 1. The maximum absolute atomic E-state index is 13.4. The summed E-state index contributed by atoms with van der Waals surface area (Å²) in [5, 5.41) is 5.07. The third-order valence-electron chi connectivity index (χ3n) is 6.87. The predicted molar refractivity (Wildman–Crippen MR) is 102 cm³/mol. The van der Waals surface area contributed by atoms with Crippen LogP contribution in [0.4, 0.5) is 18.0 Å². The average Bonchev–Trinajstić information content (AvgIpc) is 3.35. The second kappa shape index (κ2) is 7.13. The Kier molecular flexibility index (Phi) is 4.97. The number of hydrogen-bond donors (Lipinski definition) is 2. The number of hydrogen-bond acceptors (Lipinski definition) is 3. The summed E-state index contributed by atoms with van der Waals surface area (Å²) in [6, 6.07) is -0.538. The fraction of sp³-hybridized carbons (Fsp3) is 0.667. The zero-order valence-electron chi connectivity index (χ0n) is 17.0. The number of alkyl halides is 3. The molecule has 2 aliphatic heterocycles. The van der Waals surface area contributed by atoms with E-state index in [4.69, 9.17) is 0 Å². The van der Waals surface area contributed by atoms with Crippen molar-refractivity contribution in [3.8, 4) is 0 Å². The molecule has 4 aliphatic rings. The molecule has 0 aromatic heterocycles. The van der Waals surface area contributed by atoms with Crippen molar-refractivity contribution in [2.75, 3.05) is 13.1 Å². The van der Waals surface area contributed by atoms with Gasteiger partial charge in [0.1, 0.15) is 5.54 Å². The summed E-state index contributed by atoms with van der Waals surface area (Å²) in [6.07, 6.45) is 1.30. The molecule has 0 spiro atoms. The molecule has 4 atom stereocenters. The maximum Gasteiger partial charge on any atom is 0.416 e. The largest absolute Gasteiger partial charge is 0.416 e. The molecule has 4 rings (SSSR count). The van der Waals surface area contributed by atoms with Crippen molar-refractivity contribution in [3.05, 3.63) is 23.8 Å². The van der Waals surface area contributed by atoms with E-state index in [1.165, 1.54) is 6.08 Å². The van der Waals surface area contributed by atoms with Gasteiger partial charge in [-0.05, 0) is 31.1 Å². The molecular formula is C21H26F3N3O3. The number of allylic oxidation sites excluding steroid dienone is 2. The molecule has 2 aliphatic carbocycles. The number of rotatable bonds is 5. The summed E-state index contributed by atoms with van der Waals surface area (Å²) >= 11 is 0. The van der Waals surface area contributed by atoms with E-state index in [0.29, 0.717) is 6.54 Å². The van der Waals surface area contributed by atoms with Crippen molar-refractivity contribution in [2.45, 2.75) is 44.8 Å². The molecule has 2 saturated heterocycles. The number of nitrogens with one attached hydrogen (secondary N) is 2. The van der Waals surface area contributed by atoms with E-state index in [-0.39, 0.29) is 48.5 Å². The highest BCUT2D eigenvalue weighted by molar-refractivity contribution is 6.07. The van der Waals surface area contributed by atoms with E-state index in [1.54, 1.807) is 11.0 Å². The van der Waals surface area contributed by atoms with Gasteiger partial charge in [-0.2, -0.15) is 13.2 Å². The van der Waals surface area contributed by atoms with Crippen LogP contribution < -0.4 is 10.6 Å². The maximum atomic E-state index is 13.4. The minimum atomic E-state index is -4.40. The lowest BCUT2D eigenvalue weighted by Crippen LogP contribution is -2.53. The summed E-state index contributed by atoms with van der Waals surface area (Å²) < 4.78 is 39.1. The van der Waals surface area contributed by atoms with E-state index in [2.05, 4.69) is 10.6 Å². The van der Waals surface area contributed by atoms with E-state index >= 15 is 0 Å². The number of carbonyl (C=O) groups excluding carboxylic acids is 3. The minimum absolute atomic E-state index is 0.0133. The standard InChI is InChI=1S/C21H26F3N3O3/c1-11(2)16(8-20(14-5-6-14)18(29)25-19(30)26-20)17(28)27-9-12-3-4-15(21(22,23)24)7-13(12)10-27/h3-4,7,11-14,16H,5-6,8-10H2,1-2H3,(H2,25,26,29,30)/t12?,13?,16-,20?/m0/s1. The number of fused-ring (bicyclic) bond motifs is 1. The van der Waals surface area contributed by atoms with E-state index in [9.17, 15) is 27.6 Å². The summed E-state index contributed by atoms with van der Waals surface area (Å²) in [5.74, 6) is -1.63. The number of nitrogens with zero attached hydrogens (tertiary/aromatic N) is 1. The smallest absolute Gasteiger partial charge is 0.341 e. The molecule has 6 nitrogen and oxygen atoms in total. The van der Waals surface area contributed by atoms with Crippen molar-refractivity contribution in [3.63, 3.8) is 0 Å². The number of amides is 4. The van der Waals surface area contributed by atoms with Crippen molar-refractivity contribution in [2.24, 2.45) is 29.6 Å². The number of likely N-dealkylation sites (tertiary alicyclic amines) is 1. The van der Waals surface area contributed by atoms with E-state index in [1.807, 2.05) is 13.8 Å². The van der Waals surface area contributed by atoms with Crippen LogP contribution in [-0.2, 0) is 9.59 Å². The first-order valence-electron chi connectivity index (χ1n) is 10.4. The Morgan fingerprint density at radius 1 is 1.23 bits per heavy atom. The fourth-order valence-corrected chi connectivity index (χ4v) is 4.99. The average molecular weight is 425 g/mol.